The SMILES string of the molecule is C\C=C/C(C)=C(Cl)\C=C/C. The summed E-state index contributed by atoms with van der Waals surface area (Å²) in [4.78, 5) is 0. The lowest BCUT2D eigenvalue weighted by atomic mass is 10.2. The van der Waals surface area contributed by atoms with Crippen LogP contribution in [0.2, 0.25) is 0 Å². The van der Waals surface area contributed by atoms with Crippen LogP contribution < -0.4 is 0 Å². The van der Waals surface area contributed by atoms with E-state index in [1.807, 2.05) is 45.1 Å². The highest BCUT2D eigenvalue weighted by Crippen LogP contribution is 2.11. The van der Waals surface area contributed by atoms with Crippen molar-refractivity contribution in [1.82, 2.24) is 0 Å². The third-order valence-electron chi connectivity index (χ3n) is 1.11. The number of rotatable bonds is 2. The van der Waals surface area contributed by atoms with Gasteiger partial charge in [0.2, 0.25) is 0 Å². The zero-order chi connectivity index (χ0) is 7.98. The van der Waals surface area contributed by atoms with Crippen molar-refractivity contribution in [2.45, 2.75) is 20.8 Å². The van der Waals surface area contributed by atoms with Gasteiger partial charge in [0.15, 0.2) is 0 Å². The molecule has 10 heavy (non-hydrogen) atoms. The molecule has 0 amide bonds. The van der Waals surface area contributed by atoms with Gasteiger partial charge in [-0.05, 0) is 32.4 Å². The monoisotopic (exact) mass is 156 g/mol. The average molecular weight is 157 g/mol. The minimum atomic E-state index is 0.806. The quantitative estimate of drug-likeness (QED) is 0.536. The third-order valence-corrected chi connectivity index (χ3v) is 1.53. The minimum absolute atomic E-state index is 0.806. The van der Waals surface area contributed by atoms with E-state index in [9.17, 15) is 0 Å². The van der Waals surface area contributed by atoms with Crippen molar-refractivity contribution in [3.05, 3.63) is 34.9 Å². The normalized spacial score (nSPS) is 14.8. The van der Waals surface area contributed by atoms with Crippen LogP contribution in [0.4, 0.5) is 0 Å². The summed E-state index contributed by atoms with van der Waals surface area (Å²) in [5.41, 5.74) is 1.10. The highest BCUT2D eigenvalue weighted by atomic mass is 35.5. The molecule has 0 N–H and O–H groups in total. The first-order valence-electron chi connectivity index (χ1n) is 3.34. The summed E-state index contributed by atoms with van der Waals surface area (Å²) in [5, 5.41) is 0.806. The Morgan fingerprint density at radius 3 is 2.00 bits per heavy atom. The lowest BCUT2D eigenvalue weighted by molar-refractivity contribution is 1.48. The van der Waals surface area contributed by atoms with Gasteiger partial charge in [0.25, 0.3) is 0 Å². The van der Waals surface area contributed by atoms with Crippen molar-refractivity contribution in [2.75, 3.05) is 0 Å². The molecule has 0 aliphatic heterocycles. The maximum absolute atomic E-state index is 5.85. The van der Waals surface area contributed by atoms with E-state index >= 15 is 0 Å². The molecule has 0 bridgehead atoms. The van der Waals surface area contributed by atoms with Crippen LogP contribution in [-0.2, 0) is 0 Å². The third kappa shape index (κ3) is 3.52. The van der Waals surface area contributed by atoms with Crippen LogP contribution >= 0.6 is 11.6 Å². The second-order valence-corrected chi connectivity index (χ2v) is 2.44. The van der Waals surface area contributed by atoms with Crippen molar-refractivity contribution in [1.29, 1.82) is 0 Å². The molecule has 0 spiro atoms. The molecule has 0 aromatic rings. The molecule has 0 heterocycles. The molecule has 0 unspecified atom stereocenters. The summed E-state index contributed by atoms with van der Waals surface area (Å²) in [5.74, 6) is 0. The first-order valence-corrected chi connectivity index (χ1v) is 3.72. The first-order chi connectivity index (χ1) is 4.72. The lowest BCUT2D eigenvalue weighted by Gasteiger charge is -1.92. The Kier molecular flexibility index (Phi) is 5.05. The topological polar surface area (TPSA) is 0 Å². The van der Waals surface area contributed by atoms with Gasteiger partial charge >= 0.3 is 0 Å². The summed E-state index contributed by atoms with van der Waals surface area (Å²) in [7, 11) is 0. The van der Waals surface area contributed by atoms with Crippen molar-refractivity contribution in [3.63, 3.8) is 0 Å². The molecule has 0 atom stereocenters. The van der Waals surface area contributed by atoms with Crippen LogP contribution in [0.15, 0.2) is 34.9 Å². The maximum atomic E-state index is 5.85. The Bertz CT molecular complexity index is 153. The maximum Gasteiger partial charge on any atom is 0.0431 e. The Labute approximate surface area is 67.9 Å². The fourth-order valence-corrected chi connectivity index (χ4v) is 0.796. The Hall–Kier alpha value is -0.490. The molecule has 1 heteroatoms. The molecule has 0 fully saturated rings. The molecular weight excluding hydrogens is 144 g/mol. The van der Waals surface area contributed by atoms with Gasteiger partial charge in [-0.15, -0.1) is 0 Å². The van der Waals surface area contributed by atoms with E-state index < -0.39 is 0 Å². The van der Waals surface area contributed by atoms with Crippen molar-refractivity contribution < 1.29 is 0 Å². The predicted molar refractivity (Wildman–Crippen MR) is 48.2 cm³/mol. The molecule has 0 radical (unpaired) electrons. The average Bonchev–Trinajstić information content (AvgIpc) is 1.89. The number of hydrogen-bond acceptors (Lipinski definition) is 0. The van der Waals surface area contributed by atoms with Gasteiger partial charge < -0.3 is 0 Å². The molecule has 0 rings (SSSR count). The van der Waals surface area contributed by atoms with Gasteiger partial charge in [-0.1, -0.05) is 29.8 Å². The predicted octanol–water partition coefficient (Wildman–Crippen LogP) is 3.65. The minimum Gasteiger partial charge on any atom is -0.0873 e. The van der Waals surface area contributed by atoms with Gasteiger partial charge in [-0.25, -0.2) is 0 Å². The summed E-state index contributed by atoms with van der Waals surface area (Å²) in [6.45, 7) is 5.91. The van der Waals surface area contributed by atoms with Crippen molar-refractivity contribution >= 4 is 11.6 Å². The molecular formula is C9H13Cl. The van der Waals surface area contributed by atoms with Crippen molar-refractivity contribution in [3.8, 4) is 0 Å². The molecule has 56 valence electrons. The van der Waals surface area contributed by atoms with E-state index in [2.05, 4.69) is 0 Å². The number of allylic oxidation sites excluding steroid dienone is 6. The zero-order valence-electron chi connectivity index (χ0n) is 6.69. The van der Waals surface area contributed by atoms with Crippen LogP contribution in [0.1, 0.15) is 20.8 Å². The van der Waals surface area contributed by atoms with E-state index in [4.69, 9.17) is 11.6 Å². The first kappa shape index (κ1) is 9.51. The van der Waals surface area contributed by atoms with Crippen LogP contribution in [0.25, 0.3) is 0 Å². The van der Waals surface area contributed by atoms with Gasteiger partial charge in [0.05, 0.1) is 0 Å². The second-order valence-electron chi connectivity index (χ2n) is 2.03. The standard InChI is InChI=1S/C9H13Cl/c1-4-6-8(3)9(10)7-5-2/h4-7H,1-3H3/b6-4-,7-5-,9-8+. The highest BCUT2D eigenvalue weighted by Gasteiger charge is 1.87. The fourth-order valence-electron chi connectivity index (χ4n) is 0.607. The van der Waals surface area contributed by atoms with Gasteiger partial charge in [-0.2, -0.15) is 0 Å². The number of halogens is 1. The smallest absolute Gasteiger partial charge is 0.0431 e. The summed E-state index contributed by atoms with van der Waals surface area (Å²) >= 11 is 5.85. The zero-order valence-corrected chi connectivity index (χ0v) is 7.44. The summed E-state index contributed by atoms with van der Waals surface area (Å²) in [6, 6.07) is 0. The summed E-state index contributed by atoms with van der Waals surface area (Å²) < 4.78 is 0. The van der Waals surface area contributed by atoms with Gasteiger partial charge in [0.1, 0.15) is 0 Å². The van der Waals surface area contributed by atoms with Gasteiger partial charge in [0, 0.05) is 5.03 Å². The van der Waals surface area contributed by atoms with Crippen LogP contribution in [-0.4, -0.2) is 0 Å². The van der Waals surface area contributed by atoms with E-state index in [0.717, 1.165) is 10.6 Å². The summed E-state index contributed by atoms with van der Waals surface area (Å²) in [6.07, 6.45) is 7.77. The molecule has 0 aromatic carbocycles. The Morgan fingerprint density at radius 2 is 1.60 bits per heavy atom. The van der Waals surface area contributed by atoms with Crippen LogP contribution in [0, 0.1) is 0 Å². The number of hydrogen-bond donors (Lipinski definition) is 0. The second kappa shape index (κ2) is 5.31. The van der Waals surface area contributed by atoms with E-state index in [-0.39, 0.29) is 0 Å². The molecule has 0 aromatic heterocycles. The molecule has 0 saturated heterocycles. The fraction of sp³-hybridized carbons (Fsp3) is 0.333. The van der Waals surface area contributed by atoms with Crippen LogP contribution in [0.3, 0.4) is 0 Å². The lowest BCUT2D eigenvalue weighted by Crippen LogP contribution is -1.71. The molecule has 0 aliphatic rings. The van der Waals surface area contributed by atoms with Gasteiger partial charge in [-0.3, -0.25) is 0 Å². The Morgan fingerprint density at radius 1 is 1.10 bits per heavy atom. The van der Waals surface area contributed by atoms with Crippen molar-refractivity contribution in [2.24, 2.45) is 0 Å². The van der Waals surface area contributed by atoms with E-state index in [0.29, 0.717) is 0 Å². The molecule has 0 saturated carbocycles. The molecule has 0 nitrogen and oxygen atoms in total. The van der Waals surface area contributed by atoms with E-state index in [1.165, 1.54) is 0 Å². The highest BCUT2D eigenvalue weighted by molar-refractivity contribution is 6.31. The van der Waals surface area contributed by atoms with Crippen LogP contribution in [0.5, 0.6) is 0 Å². The Balaban J connectivity index is 4.33. The molecule has 0 aliphatic carbocycles. The van der Waals surface area contributed by atoms with E-state index in [1.54, 1.807) is 0 Å². The largest absolute Gasteiger partial charge is 0.0873 e.